The van der Waals surface area contributed by atoms with Crippen LogP contribution in [0.5, 0.6) is 0 Å². The summed E-state index contributed by atoms with van der Waals surface area (Å²) in [5.74, 6) is 0.757. The maximum Gasteiger partial charge on any atom is 0.418 e. The minimum Gasteiger partial charge on any atom is -0.381 e. The van der Waals surface area contributed by atoms with Gasteiger partial charge in [0.1, 0.15) is 18.3 Å². The van der Waals surface area contributed by atoms with Gasteiger partial charge >= 0.3 is 11.9 Å². The van der Waals surface area contributed by atoms with E-state index in [1.54, 1.807) is 32.5 Å². The second-order valence-corrected chi connectivity index (χ2v) is 11.3. The number of hydrogen-bond donors (Lipinski definition) is 0. The first kappa shape index (κ1) is 27.6. The summed E-state index contributed by atoms with van der Waals surface area (Å²) >= 11 is 0. The van der Waals surface area contributed by atoms with Crippen molar-refractivity contribution in [3.05, 3.63) is 82.1 Å². The fourth-order valence-corrected chi connectivity index (χ4v) is 6.42. The standard InChI is InChI=1S/C29H32F4N6O2/c1-18(37-9-7-21(30)8-10-37)19-11-24(29(31,32)33)25-16-38(27(40)39(25)15-19)22-6-4-5-20(12-22)28(13-23(14-28)41-3)26-35-34-17-36(26)2/h4-6,11-12,15-18,21,23H,7-10,13-14H2,1-3H3. The van der Waals surface area contributed by atoms with Gasteiger partial charge in [0, 0.05) is 45.7 Å². The Labute approximate surface area is 234 Å². The first-order chi connectivity index (χ1) is 19.5. The molecule has 1 aliphatic carbocycles. The van der Waals surface area contributed by atoms with Crippen molar-refractivity contribution in [3.8, 4) is 5.69 Å². The summed E-state index contributed by atoms with van der Waals surface area (Å²) in [5.41, 5.74) is -0.525. The van der Waals surface area contributed by atoms with Crippen molar-refractivity contribution in [1.29, 1.82) is 0 Å². The van der Waals surface area contributed by atoms with Gasteiger partial charge in [-0.2, -0.15) is 13.2 Å². The van der Waals surface area contributed by atoms with E-state index in [0.29, 0.717) is 50.0 Å². The van der Waals surface area contributed by atoms with Crippen molar-refractivity contribution in [1.82, 2.24) is 28.6 Å². The molecule has 4 heterocycles. The highest BCUT2D eigenvalue weighted by molar-refractivity contribution is 5.58. The summed E-state index contributed by atoms with van der Waals surface area (Å²) in [6, 6.07) is 7.98. The van der Waals surface area contributed by atoms with E-state index in [2.05, 4.69) is 10.2 Å². The van der Waals surface area contributed by atoms with Gasteiger partial charge in [-0.1, -0.05) is 12.1 Å². The number of benzene rings is 1. The molecule has 1 atom stereocenters. The van der Waals surface area contributed by atoms with E-state index in [0.717, 1.165) is 21.9 Å². The third kappa shape index (κ3) is 4.66. The Balaban J connectivity index is 1.44. The van der Waals surface area contributed by atoms with Gasteiger partial charge in [-0.05, 0) is 61.9 Å². The number of imidazole rings is 1. The summed E-state index contributed by atoms with van der Waals surface area (Å²) in [6.07, 6.45) is 0.812. The molecular formula is C29H32F4N6O2. The van der Waals surface area contributed by atoms with Crippen LogP contribution in [0.1, 0.15) is 61.2 Å². The summed E-state index contributed by atoms with van der Waals surface area (Å²) in [6.45, 7) is 2.69. The molecule has 0 bridgehead atoms. The number of hydrogen-bond acceptors (Lipinski definition) is 5. The molecule has 2 aliphatic rings. The van der Waals surface area contributed by atoms with Crippen molar-refractivity contribution in [2.75, 3.05) is 20.2 Å². The molecule has 0 amide bonds. The number of fused-ring (bicyclic) bond motifs is 1. The molecule has 1 unspecified atom stereocenters. The van der Waals surface area contributed by atoms with E-state index < -0.39 is 35.1 Å². The monoisotopic (exact) mass is 572 g/mol. The lowest BCUT2D eigenvalue weighted by molar-refractivity contribution is -0.136. The third-order valence-corrected chi connectivity index (χ3v) is 8.88. The van der Waals surface area contributed by atoms with Crippen LogP contribution in [-0.4, -0.2) is 61.1 Å². The third-order valence-electron chi connectivity index (χ3n) is 8.88. The van der Waals surface area contributed by atoms with Crippen molar-refractivity contribution in [3.63, 3.8) is 0 Å². The highest BCUT2D eigenvalue weighted by atomic mass is 19.4. The summed E-state index contributed by atoms with van der Waals surface area (Å²) < 4.78 is 66.4. The topological polar surface area (TPSA) is 69.6 Å². The number of methoxy groups -OCH3 is 1. The van der Waals surface area contributed by atoms with Crippen molar-refractivity contribution < 1.29 is 22.3 Å². The molecule has 0 spiro atoms. The van der Waals surface area contributed by atoms with Gasteiger partial charge in [-0.3, -0.25) is 13.9 Å². The number of aromatic nitrogens is 5. The van der Waals surface area contributed by atoms with E-state index in [9.17, 15) is 22.4 Å². The number of likely N-dealkylation sites (tertiary alicyclic amines) is 1. The second kappa shape index (κ2) is 10.1. The zero-order chi connectivity index (χ0) is 29.1. The number of aryl methyl sites for hydroxylation is 1. The van der Waals surface area contributed by atoms with Crippen LogP contribution in [0.2, 0.25) is 0 Å². The Morgan fingerprint density at radius 3 is 2.49 bits per heavy atom. The molecule has 41 heavy (non-hydrogen) atoms. The van der Waals surface area contributed by atoms with Crippen LogP contribution in [0.4, 0.5) is 17.6 Å². The predicted molar refractivity (Wildman–Crippen MR) is 144 cm³/mol. The SMILES string of the molecule is COC1CC(c2cccc(-n3cc4c(C(F)(F)F)cc(C(C)N5CCC(F)CC5)cn4c3=O)c2)(c2nncn2C)C1. The normalized spacial score (nSPS) is 23.1. The first-order valence-electron chi connectivity index (χ1n) is 13.7. The molecule has 0 N–H and O–H groups in total. The van der Waals surface area contributed by atoms with Gasteiger partial charge < -0.3 is 9.30 Å². The predicted octanol–water partition coefficient (Wildman–Crippen LogP) is 4.83. The molecule has 218 valence electrons. The Kier molecular flexibility index (Phi) is 6.80. The summed E-state index contributed by atoms with van der Waals surface area (Å²) in [7, 11) is 3.52. The van der Waals surface area contributed by atoms with E-state index in [1.807, 2.05) is 28.6 Å². The lowest BCUT2D eigenvalue weighted by Crippen LogP contribution is -2.48. The largest absolute Gasteiger partial charge is 0.418 e. The van der Waals surface area contributed by atoms with Gasteiger partial charge in [-0.25, -0.2) is 9.18 Å². The van der Waals surface area contributed by atoms with Crippen LogP contribution in [0.3, 0.4) is 0 Å². The highest BCUT2D eigenvalue weighted by Crippen LogP contribution is 2.49. The number of alkyl halides is 4. The Bertz CT molecular complexity index is 1630. The molecule has 6 rings (SSSR count). The van der Waals surface area contributed by atoms with Crippen LogP contribution in [0.15, 0.2) is 53.8 Å². The average molecular weight is 573 g/mol. The number of rotatable bonds is 6. The second-order valence-electron chi connectivity index (χ2n) is 11.3. The molecule has 1 saturated heterocycles. The van der Waals surface area contributed by atoms with Gasteiger partial charge in [0.15, 0.2) is 0 Å². The number of piperidine rings is 1. The Morgan fingerprint density at radius 1 is 1.12 bits per heavy atom. The van der Waals surface area contributed by atoms with Gasteiger partial charge in [-0.15, -0.1) is 10.2 Å². The lowest BCUT2D eigenvalue weighted by atomic mass is 9.62. The maximum atomic E-state index is 14.3. The van der Waals surface area contributed by atoms with Crippen LogP contribution >= 0.6 is 0 Å². The summed E-state index contributed by atoms with van der Waals surface area (Å²) in [5, 5.41) is 8.40. The van der Waals surface area contributed by atoms with Crippen LogP contribution in [0.25, 0.3) is 11.2 Å². The van der Waals surface area contributed by atoms with E-state index in [1.165, 1.54) is 17.0 Å². The fraction of sp³-hybridized carbons (Fsp3) is 0.483. The smallest absolute Gasteiger partial charge is 0.381 e. The van der Waals surface area contributed by atoms with Crippen LogP contribution in [-0.2, 0) is 23.4 Å². The molecule has 1 aromatic carbocycles. The number of ether oxygens (including phenoxy) is 1. The van der Waals surface area contributed by atoms with Crippen LogP contribution < -0.4 is 5.69 Å². The molecule has 0 radical (unpaired) electrons. The van der Waals surface area contributed by atoms with Gasteiger partial charge in [0.05, 0.1) is 28.3 Å². The van der Waals surface area contributed by atoms with Crippen molar-refractivity contribution in [2.24, 2.45) is 7.05 Å². The molecule has 1 saturated carbocycles. The number of nitrogens with zero attached hydrogens (tertiary/aromatic N) is 6. The first-order valence-corrected chi connectivity index (χ1v) is 13.7. The van der Waals surface area contributed by atoms with Crippen molar-refractivity contribution in [2.45, 2.75) is 62.5 Å². The Hall–Kier alpha value is -3.51. The fourth-order valence-electron chi connectivity index (χ4n) is 6.42. The highest BCUT2D eigenvalue weighted by Gasteiger charge is 2.50. The molecule has 1 aliphatic heterocycles. The average Bonchev–Trinajstić information content (AvgIpc) is 3.50. The number of halogens is 4. The van der Waals surface area contributed by atoms with Gasteiger partial charge in [0.2, 0.25) is 0 Å². The van der Waals surface area contributed by atoms with E-state index in [4.69, 9.17) is 4.74 Å². The summed E-state index contributed by atoms with van der Waals surface area (Å²) in [4.78, 5) is 15.6. The van der Waals surface area contributed by atoms with E-state index in [-0.39, 0.29) is 11.6 Å². The molecule has 4 aromatic rings. The quantitative estimate of drug-likeness (QED) is 0.310. The zero-order valence-electron chi connectivity index (χ0n) is 23.1. The number of pyridine rings is 1. The molecule has 3 aromatic heterocycles. The minimum atomic E-state index is -4.68. The minimum absolute atomic E-state index is 0.0283. The molecular weight excluding hydrogens is 540 g/mol. The maximum absolute atomic E-state index is 14.3. The molecule has 12 heteroatoms. The Morgan fingerprint density at radius 2 is 1.85 bits per heavy atom. The van der Waals surface area contributed by atoms with Crippen molar-refractivity contribution >= 4 is 5.52 Å². The lowest BCUT2D eigenvalue weighted by Gasteiger charge is -2.46. The van der Waals surface area contributed by atoms with E-state index >= 15 is 0 Å². The molecule has 2 fully saturated rings. The van der Waals surface area contributed by atoms with Crippen LogP contribution in [0, 0.1) is 0 Å². The molecule has 8 nitrogen and oxygen atoms in total. The van der Waals surface area contributed by atoms with Gasteiger partial charge in [0.25, 0.3) is 0 Å². The zero-order valence-corrected chi connectivity index (χ0v) is 23.1.